The molecule has 5 heteroatoms. The number of primary amides is 1. The lowest BCUT2D eigenvalue weighted by molar-refractivity contribution is -0.123. The molecule has 0 aliphatic carbocycles. The number of rotatable bonds is 8. The first-order valence-electron chi connectivity index (χ1n) is 7.63. The van der Waals surface area contributed by atoms with Gasteiger partial charge in [-0.25, -0.2) is 0 Å². The third-order valence-electron chi connectivity index (χ3n) is 3.34. The van der Waals surface area contributed by atoms with Gasteiger partial charge in [0.2, 0.25) is 11.8 Å². The van der Waals surface area contributed by atoms with Crippen molar-refractivity contribution in [1.29, 1.82) is 0 Å². The molecule has 0 heterocycles. The Morgan fingerprint density at radius 2 is 1.73 bits per heavy atom. The first-order valence-corrected chi connectivity index (χ1v) is 7.63. The maximum Gasteiger partial charge on any atom is 0.234 e. The fourth-order valence-electron chi connectivity index (χ4n) is 2.35. The molecule has 0 radical (unpaired) electrons. The van der Waals surface area contributed by atoms with E-state index in [9.17, 15) is 9.59 Å². The SMILES string of the molecule is CC(C)Cc1ccc([C@H](C)NC(=O)CN(C)CC(N)=O)cc1. The van der Waals surface area contributed by atoms with E-state index in [1.807, 2.05) is 6.92 Å². The summed E-state index contributed by atoms with van der Waals surface area (Å²) in [7, 11) is 1.69. The molecule has 1 atom stereocenters. The standard InChI is InChI=1S/C17H27N3O2/c1-12(2)9-14-5-7-15(8-6-14)13(3)19-17(22)11-20(4)10-16(18)21/h5-8,12-13H,9-11H2,1-4H3,(H2,18,21)(H,19,22)/t13-/m0/s1. The number of nitrogens with two attached hydrogens (primary N) is 1. The van der Waals surface area contributed by atoms with E-state index in [0.717, 1.165) is 12.0 Å². The minimum atomic E-state index is -0.441. The van der Waals surface area contributed by atoms with Gasteiger partial charge in [-0.2, -0.15) is 0 Å². The molecule has 22 heavy (non-hydrogen) atoms. The summed E-state index contributed by atoms with van der Waals surface area (Å²) in [6.45, 7) is 6.56. The second kappa shape index (κ2) is 8.54. The second-order valence-electron chi connectivity index (χ2n) is 6.27. The Bertz CT molecular complexity index is 497. The molecule has 0 saturated carbocycles. The van der Waals surface area contributed by atoms with Crippen molar-refractivity contribution in [2.24, 2.45) is 11.7 Å². The van der Waals surface area contributed by atoms with Crippen molar-refractivity contribution < 1.29 is 9.59 Å². The quantitative estimate of drug-likeness (QED) is 0.764. The lowest BCUT2D eigenvalue weighted by Crippen LogP contribution is -2.39. The Labute approximate surface area is 132 Å². The van der Waals surface area contributed by atoms with E-state index in [4.69, 9.17) is 5.73 Å². The van der Waals surface area contributed by atoms with Crippen molar-refractivity contribution in [3.05, 3.63) is 35.4 Å². The third-order valence-corrected chi connectivity index (χ3v) is 3.34. The zero-order valence-electron chi connectivity index (χ0n) is 13.9. The minimum absolute atomic E-state index is 0.0671. The monoisotopic (exact) mass is 305 g/mol. The lowest BCUT2D eigenvalue weighted by Gasteiger charge is -2.18. The highest BCUT2D eigenvalue weighted by Crippen LogP contribution is 2.15. The Hall–Kier alpha value is -1.88. The number of likely N-dealkylation sites (N-methyl/N-ethyl adjacent to an activating group) is 1. The largest absolute Gasteiger partial charge is 0.369 e. The molecular weight excluding hydrogens is 278 g/mol. The molecule has 0 aromatic heterocycles. The van der Waals surface area contributed by atoms with Crippen LogP contribution >= 0.6 is 0 Å². The molecule has 3 N–H and O–H groups in total. The molecule has 0 saturated heterocycles. The predicted molar refractivity (Wildman–Crippen MR) is 88.2 cm³/mol. The van der Waals surface area contributed by atoms with Crippen molar-refractivity contribution in [1.82, 2.24) is 10.2 Å². The van der Waals surface area contributed by atoms with Gasteiger partial charge in [-0.15, -0.1) is 0 Å². The molecule has 0 fully saturated rings. The molecule has 1 rings (SSSR count). The van der Waals surface area contributed by atoms with Gasteiger partial charge >= 0.3 is 0 Å². The van der Waals surface area contributed by atoms with Gasteiger partial charge in [0.05, 0.1) is 19.1 Å². The molecule has 0 aliphatic heterocycles. The van der Waals surface area contributed by atoms with Crippen molar-refractivity contribution in [2.75, 3.05) is 20.1 Å². The number of carbonyl (C=O) groups is 2. The zero-order chi connectivity index (χ0) is 16.7. The Morgan fingerprint density at radius 3 is 2.23 bits per heavy atom. The summed E-state index contributed by atoms with van der Waals surface area (Å²) >= 11 is 0. The molecule has 5 nitrogen and oxygen atoms in total. The number of carbonyl (C=O) groups excluding carboxylic acids is 2. The highest BCUT2D eigenvalue weighted by molar-refractivity contribution is 5.80. The van der Waals surface area contributed by atoms with E-state index in [1.165, 1.54) is 5.56 Å². The van der Waals surface area contributed by atoms with E-state index in [-0.39, 0.29) is 25.0 Å². The molecule has 2 amide bonds. The Kier molecular flexibility index (Phi) is 7.05. The van der Waals surface area contributed by atoms with Gasteiger partial charge in [0.25, 0.3) is 0 Å². The van der Waals surface area contributed by atoms with Crippen LogP contribution in [0.1, 0.15) is 37.9 Å². The van der Waals surface area contributed by atoms with Crippen LogP contribution in [0.4, 0.5) is 0 Å². The normalized spacial score (nSPS) is 12.5. The fraction of sp³-hybridized carbons (Fsp3) is 0.529. The van der Waals surface area contributed by atoms with Crippen LogP contribution < -0.4 is 11.1 Å². The number of nitrogens with one attached hydrogen (secondary N) is 1. The van der Waals surface area contributed by atoms with Crippen LogP contribution in [0.2, 0.25) is 0 Å². The van der Waals surface area contributed by atoms with Crippen molar-refractivity contribution in [3.8, 4) is 0 Å². The minimum Gasteiger partial charge on any atom is -0.369 e. The number of hydrogen-bond donors (Lipinski definition) is 2. The molecule has 0 unspecified atom stereocenters. The fourth-order valence-corrected chi connectivity index (χ4v) is 2.35. The summed E-state index contributed by atoms with van der Waals surface area (Å²) in [6, 6.07) is 8.25. The van der Waals surface area contributed by atoms with E-state index in [1.54, 1.807) is 11.9 Å². The van der Waals surface area contributed by atoms with Crippen LogP contribution in [0.25, 0.3) is 0 Å². The average molecular weight is 305 g/mol. The van der Waals surface area contributed by atoms with Gasteiger partial charge in [0.1, 0.15) is 0 Å². The summed E-state index contributed by atoms with van der Waals surface area (Å²) in [4.78, 5) is 24.3. The number of hydrogen-bond acceptors (Lipinski definition) is 3. The summed E-state index contributed by atoms with van der Waals surface area (Å²) < 4.78 is 0. The summed E-state index contributed by atoms with van der Waals surface area (Å²) in [5.41, 5.74) is 7.47. The first kappa shape index (κ1) is 18.2. The molecule has 122 valence electrons. The van der Waals surface area contributed by atoms with E-state index < -0.39 is 5.91 Å². The van der Waals surface area contributed by atoms with Gasteiger partial charge in [-0.3, -0.25) is 14.5 Å². The van der Waals surface area contributed by atoms with E-state index in [2.05, 4.69) is 43.4 Å². The third kappa shape index (κ3) is 6.72. The number of benzene rings is 1. The lowest BCUT2D eigenvalue weighted by atomic mass is 10.00. The van der Waals surface area contributed by atoms with Gasteiger partial charge in [-0.1, -0.05) is 38.1 Å². The Morgan fingerprint density at radius 1 is 1.14 bits per heavy atom. The van der Waals surface area contributed by atoms with Gasteiger partial charge in [-0.05, 0) is 37.4 Å². The second-order valence-corrected chi connectivity index (χ2v) is 6.27. The van der Waals surface area contributed by atoms with Gasteiger partial charge in [0, 0.05) is 0 Å². The number of amides is 2. The van der Waals surface area contributed by atoms with Crippen LogP contribution in [0.5, 0.6) is 0 Å². The van der Waals surface area contributed by atoms with E-state index in [0.29, 0.717) is 5.92 Å². The molecular formula is C17H27N3O2. The van der Waals surface area contributed by atoms with E-state index >= 15 is 0 Å². The average Bonchev–Trinajstić information content (AvgIpc) is 2.37. The zero-order valence-corrected chi connectivity index (χ0v) is 13.9. The summed E-state index contributed by atoms with van der Waals surface area (Å²) in [5.74, 6) is 0.0652. The summed E-state index contributed by atoms with van der Waals surface area (Å²) in [5, 5.41) is 2.93. The predicted octanol–water partition coefficient (Wildman–Crippen LogP) is 1.48. The smallest absolute Gasteiger partial charge is 0.234 e. The first-order chi connectivity index (χ1) is 10.3. The van der Waals surface area contributed by atoms with Crippen LogP contribution in [0.15, 0.2) is 24.3 Å². The van der Waals surface area contributed by atoms with Crippen molar-refractivity contribution >= 4 is 11.8 Å². The van der Waals surface area contributed by atoms with Crippen LogP contribution in [-0.2, 0) is 16.0 Å². The molecule has 0 bridgehead atoms. The van der Waals surface area contributed by atoms with Crippen LogP contribution in [-0.4, -0.2) is 36.9 Å². The van der Waals surface area contributed by atoms with Crippen molar-refractivity contribution in [2.45, 2.75) is 33.2 Å². The maximum atomic E-state index is 11.9. The van der Waals surface area contributed by atoms with Crippen LogP contribution in [0.3, 0.4) is 0 Å². The molecule has 1 aromatic rings. The Balaban J connectivity index is 2.52. The number of nitrogens with zero attached hydrogens (tertiary/aromatic N) is 1. The molecule has 0 spiro atoms. The van der Waals surface area contributed by atoms with Gasteiger partial charge in [0.15, 0.2) is 0 Å². The van der Waals surface area contributed by atoms with Crippen molar-refractivity contribution in [3.63, 3.8) is 0 Å². The summed E-state index contributed by atoms with van der Waals surface area (Å²) in [6.07, 6.45) is 1.05. The van der Waals surface area contributed by atoms with Crippen LogP contribution in [0, 0.1) is 5.92 Å². The highest BCUT2D eigenvalue weighted by atomic mass is 16.2. The molecule has 0 aliphatic rings. The highest BCUT2D eigenvalue weighted by Gasteiger charge is 2.12. The topological polar surface area (TPSA) is 75.4 Å². The maximum absolute atomic E-state index is 11.9. The molecule has 1 aromatic carbocycles. The van der Waals surface area contributed by atoms with Gasteiger partial charge < -0.3 is 11.1 Å².